The summed E-state index contributed by atoms with van der Waals surface area (Å²) in [5.74, 6) is -0.830. The Hall–Kier alpha value is -1.08. The molecule has 0 radical (unpaired) electrons. The van der Waals surface area contributed by atoms with Crippen LogP contribution in [0, 0.1) is 0 Å². The molecular formula is C8H10NO2P. The van der Waals surface area contributed by atoms with Gasteiger partial charge < -0.3 is 10.8 Å². The van der Waals surface area contributed by atoms with Crippen molar-refractivity contribution in [1.29, 1.82) is 0 Å². The van der Waals surface area contributed by atoms with E-state index >= 15 is 0 Å². The highest BCUT2D eigenvalue weighted by molar-refractivity contribution is 7.27. The summed E-state index contributed by atoms with van der Waals surface area (Å²) < 4.78 is 0. The molecule has 1 atom stereocenters. The van der Waals surface area contributed by atoms with Crippen LogP contribution in [-0.4, -0.2) is 11.1 Å². The van der Waals surface area contributed by atoms with Crippen molar-refractivity contribution in [2.75, 3.05) is 5.73 Å². The Balaban J connectivity index is 2.93. The number of benzene rings is 1. The summed E-state index contributed by atoms with van der Waals surface area (Å²) >= 11 is 0. The average molecular weight is 183 g/mol. The van der Waals surface area contributed by atoms with Crippen LogP contribution in [0.15, 0.2) is 18.2 Å². The van der Waals surface area contributed by atoms with Crippen LogP contribution >= 0.6 is 9.24 Å². The lowest BCUT2D eigenvalue weighted by Gasteiger charge is -2.02. The molecule has 0 fully saturated rings. The zero-order valence-electron chi connectivity index (χ0n) is 6.45. The Morgan fingerprint density at radius 3 is 2.75 bits per heavy atom. The van der Waals surface area contributed by atoms with Crippen molar-refractivity contribution < 1.29 is 9.90 Å². The fraction of sp³-hybridized carbons (Fsp3) is 0.125. The minimum atomic E-state index is -0.830. The highest BCUT2D eigenvalue weighted by atomic mass is 31.0. The average Bonchev–Trinajstić information content (AvgIpc) is 1.94. The van der Waals surface area contributed by atoms with Crippen LogP contribution in [0.4, 0.5) is 5.69 Å². The summed E-state index contributed by atoms with van der Waals surface area (Å²) in [5.41, 5.74) is 6.92. The van der Waals surface area contributed by atoms with Gasteiger partial charge in [0.15, 0.2) is 0 Å². The van der Waals surface area contributed by atoms with Gasteiger partial charge in [-0.05, 0) is 23.0 Å². The quantitative estimate of drug-likeness (QED) is 0.515. The number of carboxylic acid groups (broad SMARTS) is 1. The van der Waals surface area contributed by atoms with Crippen molar-refractivity contribution in [3.8, 4) is 0 Å². The van der Waals surface area contributed by atoms with Crippen LogP contribution in [-0.2, 0) is 11.2 Å². The van der Waals surface area contributed by atoms with E-state index in [1.807, 2.05) is 0 Å². The number of hydrogen-bond acceptors (Lipinski definition) is 2. The number of carboxylic acids is 1. The molecule has 0 spiro atoms. The standard InChI is InChI=1S/C8H10NO2P/c9-6-2-1-5(3-8(10)11)7(12)4-6/h1-2,4H,3,9,12H2,(H,10,11). The van der Waals surface area contributed by atoms with E-state index in [1.165, 1.54) is 0 Å². The highest BCUT2D eigenvalue weighted by Crippen LogP contribution is 2.07. The van der Waals surface area contributed by atoms with Crippen LogP contribution in [0.5, 0.6) is 0 Å². The lowest BCUT2D eigenvalue weighted by Crippen LogP contribution is -2.09. The van der Waals surface area contributed by atoms with Gasteiger partial charge in [-0.2, -0.15) is 0 Å². The molecule has 1 rings (SSSR count). The molecule has 0 aliphatic rings. The van der Waals surface area contributed by atoms with Crippen molar-refractivity contribution in [3.63, 3.8) is 0 Å². The number of anilines is 1. The molecule has 0 aliphatic carbocycles. The van der Waals surface area contributed by atoms with E-state index in [2.05, 4.69) is 9.24 Å². The van der Waals surface area contributed by atoms with Crippen LogP contribution in [0.1, 0.15) is 5.56 Å². The van der Waals surface area contributed by atoms with Gasteiger partial charge in [0.25, 0.3) is 0 Å². The number of carbonyl (C=O) groups is 1. The molecule has 12 heavy (non-hydrogen) atoms. The minimum absolute atomic E-state index is 0.0408. The zero-order chi connectivity index (χ0) is 9.14. The van der Waals surface area contributed by atoms with Crippen molar-refractivity contribution >= 4 is 26.2 Å². The molecule has 3 N–H and O–H groups in total. The second-order valence-electron chi connectivity index (χ2n) is 2.53. The summed E-state index contributed by atoms with van der Waals surface area (Å²) in [6.07, 6.45) is 0.0408. The molecule has 3 nitrogen and oxygen atoms in total. The van der Waals surface area contributed by atoms with Gasteiger partial charge in [0.1, 0.15) is 0 Å². The lowest BCUT2D eigenvalue weighted by molar-refractivity contribution is -0.136. The van der Waals surface area contributed by atoms with Crippen molar-refractivity contribution in [1.82, 2.24) is 0 Å². The maximum absolute atomic E-state index is 10.4. The van der Waals surface area contributed by atoms with Crippen molar-refractivity contribution in [2.24, 2.45) is 0 Å². The summed E-state index contributed by atoms with van der Waals surface area (Å²) in [6.45, 7) is 0. The first kappa shape index (κ1) is 9.01. The van der Waals surface area contributed by atoms with E-state index in [-0.39, 0.29) is 6.42 Å². The number of rotatable bonds is 2. The normalized spacial score (nSPS) is 9.75. The SMILES string of the molecule is Nc1ccc(CC(=O)O)c(P)c1. The molecule has 0 bridgehead atoms. The molecule has 0 aliphatic heterocycles. The monoisotopic (exact) mass is 183 g/mol. The Morgan fingerprint density at radius 2 is 2.25 bits per heavy atom. The third-order valence-electron chi connectivity index (χ3n) is 1.51. The van der Waals surface area contributed by atoms with E-state index in [0.29, 0.717) is 5.69 Å². The lowest BCUT2D eigenvalue weighted by atomic mass is 10.1. The summed E-state index contributed by atoms with van der Waals surface area (Å²) in [4.78, 5) is 10.4. The van der Waals surface area contributed by atoms with Gasteiger partial charge in [-0.25, -0.2) is 0 Å². The van der Waals surface area contributed by atoms with Crippen molar-refractivity contribution in [2.45, 2.75) is 6.42 Å². The molecule has 0 amide bonds. The van der Waals surface area contributed by atoms with Gasteiger partial charge in [0, 0.05) is 5.69 Å². The third kappa shape index (κ3) is 2.21. The van der Waals surface area contributed by atoms with E-state index in [1.54, 1.807) is 18.2 Å². The zero-order valence-corrected chi connectivity index (χ0v) is 7.60. The van der Waals surface area contributed by atoms with Gasteiger partial charge in [0.05, 0.1) is 6.42 Å². The predicted octanol–water partition coefficient (Wildman–Crippen LogP) is 0.396. The molecule has 0 saturated carbocycles. The van der Waals surface area contributed by atoms with E-state index < -0.39 is 5.97 Å². The van der Waals surface area contributed by atoms with E-state index in [4.69, 9.17) is 10.8 Å². The molecule has 1 aromatic carbocycles. The largest absolute Gasteiger partial charge is 0.481 e. The minimum Gasteiger partial charge on any atom is -0.481 e. The first-order valence-corrected chi connectivity index (χ1v) is 4.03. The van der Waals surface area contributed by atoms with Gasteiger partial charge in [-0.3, -0.25) is 4.79 Å². The molecule has 1 unspecified atom stereocenters. The Bertz CT molecular complexity index is 312. The molecule has 0 saturated heterocycles. The maximum atomic E-state index is 10.4. The predicted molar refractivity (Wildman–Crippen MR) is 51.5 cm³/mol. The Morgan fingerprint density at radius 1 is 1.58 bits per heavy atom. The smallest absolute Gasteiger partial charge is 0.307 e. The number of aliphatic carboxylic acids is 1. The van der Waals surface area contributed by atoms with Crippen molar-refractivity contribution in [3.05, 3.63) is 23.8 Å². The van der Waals surface area contributed by atoms with Gasteiger partial charge in [-0.1, -0.05) is 6.07 Å². The fourth-order valence-corrected chi connectivity index (χ4v) is 1.33. The maximum Gasteiger partial charge on any atom is 0.307 e. The number of hydrogen-bond donors (Lipinski definition) is 2. The summed E-state index contributed by atoms with van der Waals surface area (Å²) in [7, 11) is 2.47. The van der Waals surface area contributed by atoms with Gasteiger partial charge >= 0.3 is 5.97 Å². The molecule has 0 heterocycles. The third-order valence-corrected chi connectivity index (χ3v) is 2.05. The number of nitrogens with two attached hydrogens (primary N) is 1. The topological polar surface area (TPSA) is 63.3 Å². The molecule has 0 aromatic heterocycles. The van der Waals surface area contributed by atoms with Gasteiger partial charge in [-0.15, -0.1) is 9.24 Å². The molecule has 64 valence electrons. The van der Waals surface area contributed by atoms with Crippen LogP contribution in [0.2, 0.25) is 0 Å². The van der Waals surface area contributed by atoms with Gasteiger partial charge in [0.2, 0.25) is 0 Å². The van der Waals surface area contributed by atoms with Crippen LogP contribution in [0.25, 0.3) is 0 Å². The first-order valence-electron chi connectivity index (χ1n) is 3.45. The molecule has 4 heteroatoms. The van der Waals surface area contributed by atoms with E-state index in [9.17, 15) is 4.79 Å². The second kappa shape index (κ2) is 3.55. The van der Waals surface area contributed by atoms with Crippen LogP contribution in [0.3, 0.4) is 0 Å². The Labute approximate surface area is 72.8 Å². The molecule has 1 aromatic rings. The van der Waals surface area contributed by atoms with Crippen LogP contribution < -0.4 is 11.0 Å². The fourth-order valence-electron chi connectivity index (χ4n) is 0.937. The number of nitrogen functional groups attached to an aromatic ring is 1. The second-order valence-corrected chi connectivity index (χ2v) is 3.15. The van der Waals surface area contributed by atoms with E-state index in [0.717, 1.165) is 10.9 Å². The summed E-state index contributed by atoms with van der Waals surface area (Å²) in [5, 5.41) is 9.36. The first-order chi connectivity index (χ1) is 5.59. The molecular weight excluding hydrogens is 173 g/mol. The highest BCUT2D eigenvalue weighted by Gasteiger charge is 2.03. The Kier molecular flexibility index (Phi) is 2.66. The summed E-state index contributed by atoms with van der Waals surface area (Å²) in [6, 6.07) is 5.17.